The van der Waals surface area contributed by atoms with E-state index in [0.29, 0.717) is 0 Å². The maximum Gasteiger partial charge on any atom is 0.0780 e. The SMILES string of the molecule is CCOCCCCCCCCOCCCCC[N+](C)(C)C. The van der Waals surface area contributed by atoms with Gasteiger partial charge in [0, 0.05) is 26.4 Å². The number of ether oxygens (including phenoxy) is 2. The average molecular weight is 303 g/mol. The van der Waals surface area contributed by atoms with Crippen molar-refractivity contribution in [1.29, 1.82) is 0 Å². The number of nitrogens with zero attached hydrogens (tertiary/aromatic N) is 1. The van der Waals surface area contributed by atoms with Crippen molar-refractivity contribution in [2.75, 3.05) is 54.1 Å². The van der Waals surface area contributed by atoms with Gasteiger partial charge in [-0.15, -0.1) is 0 Å². The minimum atomic E-state index is 0.854. The molecule has 0 saturated heterocycles. The largest absolute Gasteiger partial charge is 0.382 e. The van der Waals surface area contributed by atoms with Crippen LogP contribution in [0.4, 0.5) is 0 Å². The fourth-order valence-corrected chi connectivity index (χ4v) is 2.33. The van der Waals surface area contributed by atoms with Crippen molar-refractivity contribution < 1.29 is 14.0 Å². The molecule has 0 N–H and O–H groups in total. The topological polar surface area (TPSA) is 18.5 Å². The Bertz CT molecular complexity index is 202. The summed E-state index contributed by atoms with van der Waals surface area (Å²) < 4.78 is 12.1. The minimum absolute atomic E-state index is 0.854. The summed E-state index contributed by atoms with van der Waals surface area (Å²) in [5.41, 5.74) is 0. The van der Waals surface area contributed by atoms with E-state index in [1.165, 1.54) is 64.3 Å². The zero-order valence-electron chi connectivity index (χ0n) is 15.2. The Balaban J connectivity index is 3.00. The first kappa shape index (κ1) is 20.9. The number of rotatable bonds is 16. The van der Waals surface area contributed by atoms with Gasteiger partial charge < -0.3 is 14.0 Å². The van der Waals surface area contributed by atoms with E-state index in [0.717, 1.165) is 30.9 Å². The highest BCUT2D eigenvalue weighted by Crippen LogP contribution is 2.06. The number of hydrogen-bond donors (Lipinski definition) is 0. The molecule has 128 valence electrons. The Morgan fingerprint density at radius 2 is 1.00 bits per heavy atom. The van der Waals surface area contributed by atoms with E-state index in [1.54, 1.807) is 0 Å². The van der Waals surface area contributed by atoms with E-state index in [2.05, 4.69) is 28.1 Å². The zero-order chi connectivity index (χ0) is 15.8. The highest BCUT2D eigenvalue weighted by Gasteiger charge is 2.04. The van der Waals surface area contributed by atoms with Gasteiger partial charge in [0.1, 0.15) is 0 Å². The molecule has 0 aliphatic carbocycles. The molecule has 0 saturated carbocycles. The molecule has 3 heteroatoms. The predicted molar refractivity (Wildman–Crippen MR) is 91.8 cm³/mol. The number of quaternary nitrogens is 1. The van der Waals surface area contributed by atoms with Crippen LogP contribution in [0.25, 0.3) is 0 Å². The second kappa shape index (κ2) is 14.8. The molecular weight excluding hydrogens is 262 g/mol. The molecule has 3 nitrogen and oxygen atoms in total. The molecule has 0 atom stereocenters. The molecule has 0 spiro atoms. The van der Waals surface area contributed by atoms with Crippen molar-refractivity contribution in [3.05, 3.63) is 0 Å². The summed E-state index contributed by atoms with van der Waals surface area (Å²) in [7, 11) is 6.77. The van der Waals surface area contributed by atoms with Gasteiger partial charge >= 0.3 is 0 Å². The molecule has 0 fully saturated rings. The molecule has 0 bridgehead atoms. The third kappa shape index (κ3) is 19.9. The van der Waals surface area contributed by atoms with Gasteiger partial charge in [0.05, 0.1) is 27.7 Å². The molecule has 21 heavy (non-hydrogen) atoms. The minimum Gasteiger partial charge on any atom is -0.382 e. The fourth-order valence-electron chi connectivity index (χ4n) is 2.33. The summed E-state index contributed by atoms with van der Waals surface area (Å²) in [6, 6.07) is 0. The molecular formula is C18H40NO2+. The Labute approximate surface area is 133 Å². The quantitative estimate of drug-likeness (QED) is 0.313. The molecule has 0 aromatic carbocycles. The summed E-state index contributed by atoms with van der Waals surface area (Å²) in [4.78, 5) is 0. The normalized spacial score (nSPS) is 12.0. The van der Waals surface area contributed by atoms with E-state index in [-0.39, 0.29) is 0 Å². The van der Waals surface area contributed by atoms with Gasteiger partial charge in [-0.05, 0) is 39.0 Å². The van der Waals surface area contributed by atoms with E-state index >= 15 is 0 Å². The number of hydrogen-bond acceptors (Lipinski definition) is 2. The predicted octanol–water partition coefficient (Wildman–Crippen LogP) is 4.26. The van der Waals surface area contributed by atoms with Crippen LogP contribution in [-0.4, -0.2) is 58.6 Å². The summed E-state index contributed by atoms with van der Waals surface area (Å²) in [6.45, 7) is 7.02. The van der Waals surface area contributed by atoms with Crippen molar-refractivity contribution >= 4 is 0 Å². The Kier molecular flexibility index (Phi) is 14.7. The van der Waals surface area contributed by atoms with Gasteiger partial charge in [0.15, 0.2) is 0 Å². The lowest BCUT2D eigenvalue weighted by molar-refractivity contribution is -0.870. The van der Waals surface area contributed by atoms with Crippen molar-refractivity contribution in [3.63, 3.8) is 0 Å². The first-order chi connectivity index (χ1) is 10.1. The lowest BCUT2D eigenvalue weighted by Gasteiger charge is -2.23. The summed E-state index contributed by atoms with van der Waals surface area (Å²) in [5, 5.41) is 0. The van der Waals surface area contributed by atoms with Crippen LogP contribution >= 0.6 is 0 Å². The van der Waals surface area contributed by atoms with Crippen molar-refractivity contribution in [2.24, 2.45) is 0 Å². The van der Waals surface area contributed by atoms with Crippen LogP contribution in [0.15, 0.2) is 0 Å². The van der Waals surface area contributed by atoms with Crippen LogP contribution < -0.4 is 0 Å². The lowest BCUT2D eigenvalue weighted by Crippen LogP contribution is -2.35. The van der Waals surface area contributed by atoms with Gasteiger partial charge in [-0.3, -0.25) is 0 Å². The second-order valence-electron chi connectivity index (χ2n) is 7.01. The summed E-state index contributed by atoms with van der Waals surface area (Å²) >= 11 is 0. The van der Waals surface area contributed by atoms with E-state index < -0.39 is 0 Å². The van der Waals surface area contributed by atoms with Crippen LogP contribution in [0.3, 0.4) is 0 Å². The molecule has 0 heterocycles. The summed E-state index contributed by atoms with van der Waals surface area (Å²) in [6.07, 6.45) is 11.6. The van der Waals surface area contributed by atoms with Crippen LogP contribution in [0, 0.1) is 0 Å². The Hall–Kier alpha value is -0.120. The van der Waals surface area contributed by atoms with Crippen molar-refractivity contribution in [1.82, 2.24) is 0 Å². The van der Waals surface area contributed by atoms with Crippen LogP contribution in [-0.2, 0) is 9.47 Å². The van der Waals surface area contributed by atoms with Gasteiger partial charge in [-0.2, -0.15) is 0 Å². The maximum absolute atomic E-state index is 5.70. The van der Waals surface area contributed by atoms with Crippen LogP contribution in [0.5, 0.6) is 0 Å². The molecule has 0 aliphatic rings. The highest BCUT2D eigenvalue weighted by molar-refractivity contribution is 4.46. The van der Waals surface area contributed by atoms with Crippen LogP contribution in [0.1, 0.15) is 64.7 Å². The van der Waals surface area contributed by atoms with E-state index in [4.69, 9.17) is 9.47 Å². The van der Waals surface area contributed by atoms with Gasteiger partial charge in [0.2, 0.25) is 0 Å². The monoisotopic (exact) mass is 302 g/mol. The Morgan fingerprint density at radius 3 is 1.48 bits per heavy atom. The molecule has 0 aromatic rings. The van der Waals surface area contributed by atoms with Crippen molar-refractivity contribution in [2.45, 2.75) is 64.7 Å². The van der Waals surface area contributed by atoms with Crippen LogP contribution in [0.2, 0.25) is 0 Å². The smallest absolute Gasteiger partial charge is 0.0780 e. The first-order valence-corrected chi connectivity index (χ1v) is 9.02. The Morgan fingerprint density at radius 1 is 0.571 bits per heavy atom. The number of unbranched alkanes of at least 4 members (excludes halogenated alkanes) is 7. The molecule has 0 amide bonds. The maximum atomic E-state index is 5.70. The third-order valence-corrected chi connectivity index (χ3v) is 3.65. The van der Waals surface area contributed by atoms with E-state index in [9.17, 15) is 0 Å². The average Bonchev–Trinajstić information content (AvgIpc) is 2.42. The molecule has 0 aliphatic heterocycles. The van der Waals surface area contributed by atoms with E-state index in [1.807, 2.05) is 0 Å². The molecule has 0 rings (SSSR count). The third-order valence-electron chi connectivity index (χ3n) is 3.65. The zero-order valence-corrected chi connectivity index (χ0v) is 15.2. The molecule has 0 aromatic heterocycles. The fraction of sp³-hybridized carbons (Fsp3) is 1.00. The second-order valence-corrected chi connectivity index (χ2v) is 7.01. The highest BCUT2D eigenvalue weighted by atomic mass is 16.5. The van der Waals surface area contributed by atoms with Gasteiger partial charge in [-0.1, -0.05) is 25.7 Å². The van der Waals surface area contributed by atoms with Gasteiger partial charge in [-0.25, -0.2) is 0 Å². The van der Waals surface area contributed by atoms with Gasteiger partial charge in [0.25, 0.3) is 0 Å². The van der Waals surface area contributed by atoms with Crippen molar-refractivity contribution in [3.8, 4) is 0 Å². The standard InChI is InChI=1S/C18H40NO2/c1-5-20-16-12-8-6-7-9-13-17-21-18-14-10-11-15-19(2,3)4/h5-18H2,1-4H3/q+1. The molecule has 0 radical (unpaired) electrons. The summed E-state index contributed by atoms with van der Waals surface area (Å²) in [5.74, 6) is 0. The first-order valence-electron chi connectivity index (χ1n) is 9.02. The lowest BCUT2D eigenvalue weighted by atomic mass is 10.1. The molecule has 0 unspecified atom stereocenters.